The van der Waals surface area contributed by atoms with E-state index < -0.39 is 35.3 Å². The minimum Gasteiger partial charge on any atom is -0.479 e. The molecule has 1 fully saturated rings. The Morgan fingerprint density at radius 1 is 0.919 bits per heavy atom. The van der Waals surface area contributed by atoms with Gasteiger partial charge in [0.25, 0.3) is 5.91 Å². The van der Waals surface area contributed by atoms with Crippen LogP contribution in [0.3, 0.4) is 0 Å². The predicted molar refractivity (Wildman–Crippen MR) is 147 cm³/mol. The number of nitrogens with zero attached hydrogens (tertiary/aromatic N) is 1. The van der Waals surface area contributed by atoms with E-state index in [1.54, 1.807) is 73.7 Å². The summed E-state index contributed by atoms with van der Waals surface area (Å²) in [5.41, 5.74) is 0.203. The number of hydrogen-bond donors (Lipinski definition) is 1. The van der Waals surface area contributed by atoms with Crippen molar-refractivity contribution in [3.63, 3.8) is 0 Å². The van der Waals surface area contributed by atoms with Crippen LogP contribution in [0.1, 0.15) is 54.9 Å². The quantitative estimate of drug-likeness (QED) is 0.260. The number of Topliss-reactive ketones (excluding diaryl/α,β-unsaturated/α-hetero) is 1. The monoisotopic (exact) mass is 549 g/mol. The van der Waals surface area contributed by atoms with E-state index in [1.165, 1.54) is 27.6 Å². The number of rotatable bonds is 6. The Bertz CT molecular complexity index is 1450. The van der Waals surface area contributed by atoms with Gasteiger partial charge in [-0.3, -0.25) is 9.59 Å². The summed E-state index contributed by atoms with van der Waals surface area (Å²) in [5.74, 6) is -3.42. The maximum absolute atomic E-state index is 14.2. The molecule has 4 aromatic rings. The Morgan fingerprint density at radius 3 is 2.19 bits per heavy atom. The van der Waals surface area contributed by atoms with Gasteiger partial charge in [0, 0.05) is 21.4 Å². The zero-order valence-electron chi connectivity index (χ0n) is 20.1. The molecule has 3 heterocycles. The summed E-state index contributed by atoms with van der Waals surface area (Å²) in [6.45, 7) is 3.49. The van der Waals surface area contributed by atoms with Crippen LogP contribution in [0.15, 0.2) is 83.6 Å². The number of carboxylic acids is 1. The van der Waals surface area contributed by atoms with Gasteiger partial charge in [-0.05, 0) is 72.1 Å². The smallest absolute Gasteiger partial charge is 0.330 e. The molecular weight excluding hydrogens is 526 g/mol. The van der Waals surface area contributed by atoms with Crippen molar-refractivity contribution in [2.45, 2.75) is 31.3 Å². The average molecular weight is 550 g/mol. The van der Waals surface area contributed by atoms with Crippen molar-refractivity contribution in [2.24, 2.45) is 5.92 Å². The third kappa shape index (κ3) is 4.21. The number of carboxylic acid groups (broad SMARTS) is 1. The van der Waals surface area contributed by atoms with Gasteiger partial charge in [-0.1, -0.05) is 48.0 Å². The van der Waals surface area contributed by atoms with Crippen LogP contribution < -0.4 is 0 Å². The van der Waals surface area contributed by atoms with Crippen LogP contribution >= 0.6 is 34.3 Å². The first-order valence-electron chi connectivity index (χ1n) is 11.7. The van der Waals surface area contributed by atoms with Crippen molar-refractivity contribution in [3.05, 3.63) is 115 Å². The molecule has 1 aliphatic heterocycles. The molecular formula is C29H24ClNO4S2. The molecule has 188 valence electrons. The van der Waals surface area contributed by atoms with Gasteiger partial charge in [0.05, 0.1) is 16.8 Å². The fourth-order valence-electron chi connectivity index (χ4n) is 5.47. The maximum Gasteiger partial charge on any atom is 0.330 e. The molecule has 8 heteroatoms. The number of benzene rings is 2. The molecule has 0 bridgehead atoms. The molecule has 1 aliphatic rings. The molecule has 1 N–H and O–H groups in total. The lowest BCUT2D eigenvalue weighted by atomic mass is 9.73. The first kappa shape index (κ1) is 25.4. The molecule has 0 aliphatic carbocycles. The second kappa shape index (κ2) is 9.89. The normalized spacial score (nSPS) is 23.2. The highest BCUT2D eigenvalue weighted by molar-refractivity contribution is 7.12. The summed E-state index contributed by atoms with van der Waals surface area (Å²) >= 11 is 8.93. The van der Waals surface area contributed by atoms with Gasteiger partial charge in [-0.2, -0.15) is 0 Å². The number of likely N-dealkylation sites (tertiary alicyclic amines) is 1. The van der Waals surface area contributed by atoms with E-state index >= 15 is 0 Å². The number of carbonyl (C=O) groups is 3. The van der Waals surface area contributed by atoms with E-state index in [2.05, 4.69) is 0 Å². The summed E-state index contributed by atoms with van der Waals surface area (Å²) in [5, 5.41) is 15.1. The van der Waals surface area contributed by atoms with Crippen LogP contribution in [0.5, 0.6) is 0 Å². The van der Waals surface area contributed by atoms with E-state index in [-0.39, 0.29) is 5.78 Å². The maximum atomic E-state index is 14.2. The van der Waals surface area contributed by atoms with Gasteiger partial charge in [0.15, 0.2) is 5.78 Å². The summed E-state index contributed by atoms with van der Waals surface area (Å²) < 4.78 is 0. The molecule has 1 saturated heterocycles. The van der Waals surface area contributed by atoms with E-state index in [1.807, 2.05) is 23.8 Å². The number of aliphatic carboxylic acids is 1. The van der Waals surface area contributed by atoms with Crippen LogP contribution in [0.25, 0.3) is 0 Å². The molecule has 2 aromatic carbocycles. The average Bonchev–Trinajstić information content (AvgIpc) is 3.63. The molecule has 0 spiro atoms. The number of hydrogen-bond acceptors (Lipinski definition) is 5. The lowest BCUT2D eigenvalue weighted by Crippen LogP contribution is -2.54. The predicted octanol–water partition coefficient (Wildman–Crippen LogP) is 7.09. The minimum atomic E-state index is -1.72. The molecule has 5 rings (SSSR count). The van der Waals surface area contributed by atoms with Crippen LogP contribution in [0.2, 0.25) is 5.02 Å². The number of halogens is 1. The number of ketones is 1. The summed E-state index contributed by atoms with van der Waals surface area (Å²) in [6.07, 6.45) is 0. The van der Waals surface area contributed by atoms with Gasteiger partial charge in [-0.15, -0.1) is 22.7 Å². The number of carbonyl (C=O) groups excluding carboxylic acids is 2. The lowest BCUT2D eigenvalue weighted by molar-refractivity contribution is -0.148. The van der Waals surface area contributed by atoms with Crippen LogP contribution in [0, 0.1) is 12.8 Å². The van der Waals surface area contributed by atoms with E-state index in [4.69, 9.17) is 11.6 Å². The summed E-state index contributed by atoms with van der Waals surface area (Å²) in [6, 6.07) is 20.3. The Labute approximate surface area is 228 Å². The SMILES string of the molecule is Cc1ccsc1C1C(C(=O)c2cccs2)C(c2ccc(Cl)cc2)C(C)(C(=O)O)N1C(=O)c1ccccc1. The lowest BCUT2D eigenvalue weighted by Gasteiger charge is -2.38. The van der Waals surface area contributed by atoms with Crippen molar-refractivity contribution in [2.75, 3.05) is 0 Å². The third-order valence-electron chi connectivity index (χ3n) is 7.22. The fourth-order valence-corrected chi connectivity index (χ4v) is 7.38. The number of aryl methyl sites for hydroxylation is 1. The molecule has 4 unspecified atom stereocenters. The standard InChI is InChI=1S/C29H24ClNO4S2/c1-17-14-16-37-26(17)24-22(25(32)21-9-6-15-36-21)23(18-10-12-20(30)13-11-18)29(2,28(34)35)31(24)27(33)19-7-4-3-5-8-19/h3-16,22-24H,1-2H3,(H,34,35). The Balaban J connectivity index is 1.82. The molecule has 0 saturated carbocycles. The highest BCUT2D eigenvalue weighted by Crippen LogP contribution is 2.58. The van der Waals surface area contributed by atoms with E-state index in [9.17, 15) is 19.5 Å². The van der Waals surface area contributed by atoms with Gasteiger partial charge in [0.1, 0.15) is 5.54 Å². The summed E-state index contributed by atoms with van der Waals surface area (Å²) in [4.78, 5) is 44.5. The first-order chi connectivity index (χ1) is 17.7. The molecule has 5 nitrogen and oxygen atoms in total. The number of amides is 1. The van der Waals surface area contributed by atoms with Crippen LogP contribution in [-0.4, -0.2) is 33.2 Å². The molecule has 37 heavy (non-hydrogen) atoms. The Hall–Kier alpha value is -3.26. The molecule has 2 aromatic heterocycles. The molecule has 1 amide bonds. The second-order valence-corrected chi connectivity index (χ2v) is 11.6. The third-order valence-corrected chi connectivity index (χ3v) is 9.45. The van der Waals surface area contributed by atoms with Gasteiger partial charge < -0.3 is 10.0 Å². The Kier molecular flexibility index (Phi) is 6.79. The molecule has 0 radical (unpaired) electrons. The first-order valence-corrected chi connectivity index (χ1v) is 13.9. The highest BCUT2D eigenvalue weighted by atomic mass is 35.5. The minimum absolute atomic E-state index is 0.177. The van der Waals surface area contributed by atoms with Gasteiger partial charge in [-0.25, -0.2) is 4.79 Å². The zero-order chi connectivity index (χ0) is 26.3. The zero-order valence-corrected chi connectivity index (χ0v) is 22.5. The van der Waals surface area contributed by atoms with Crippen molar-refractivity contribution in [1.82, 2.24) is 4.90 Å². The largest absolute Gasteiger partial charge is 0.479 e. The van der Waals surface area contributed by atoms with Crippen LogP contribution in [-0.2, 0) is 4.79 Å². The summed E-state index contributed by atoms with van der Waals surface area (Å²) in [7, 11) is 0. The van der Waals surface area contributed by atoms with Gasteiger partial charge >= 0.3 is 5.97 Å². The van der Waals surface area contributed by atoms with Crippen molar-refractivity contribution in [3.8, 4) is 0 Å². The van der Waals surface area contributed by atoms with Crippen molar-refractivity contribution in [1.29, 1.82) is 0 Å². The van der Waals surface area contributed by atoms with Crippen LogP contribution in [0.4, 0.5) is 0 Å². The van der Waals surface area contributed by atoms with Gasteiger partial charge in [0.2, 0.25) is 0 Å². The van der Waals surface area contributed by atoms with Crippen molar-refractivity contribution >= 4 is 51.9 Å². The Morgan fingerprint density at radius 2 is 1.62 bits per heavy atom. The highest BCUT2D eigenvalue weighted by Gasteiger charge is 2.65. The molecule has 4 atom stereocenters. The van der Waals surface area contributed by atoms with E-state index in [0.29, 0.717) is 21.0 Å². The fraction of sp³-hybridized carbons (Fsp3) is 0.207. The number of thiophene rings is 2. The topological polar surface area (TPSA) is 74.7 Å². The van der Waals surface area contributed by atoms with E-state index in [0.717, 1.165) is 10.4 Å². The second-order valence-electron chi connectivity index (χ2n) is 9.30. The van der Waals surface area contributed by atoms with Crippen molar-refractivity contribution < 1.29 is 19.5 Å².